The number of amides is 1. The van der Waals surface area contributed by atoms with Crippen LogP contribution >= 0.6 is 0 Å². The Morgan fingerprint density at radius 1 is 1.47 bits per heavy atom. The molecule has 2 heterocycles. The summed E-state index contributed by atoms with van der Waals surface area (Å²) < 4.78 is 1.63. The molecule has 0 spiro atoms. The molecule has 1 saturated heterocycles. The molecule has 1 aliphatic heterocycles. The molecule has 6 nitrogen and oxygen atoms in total. The van der Waals surface area contributed by atoms with E-state index in [1.807, 2.05) is 18.2 Å². The lowest BCUT2D eigenvalue weighted by Crippen LogP contribution is -2.48. The van der Waals surface area contributed by atoms with Crippen molar-refractivity contribution in [3.8, 4) is 5.69 Å². The van der Waals surface area contributed by atoms with E-state index in [0.717, 1.165) is 25.3 Å². The van der Waals surface area contributed by atoms with Crippen molar-refractivity contribution in [1.82, 2.24) is 25.4 Å². The number of nitrogens with zero attached hydrogens (tertiary/aromatic N) is 3. The molecule has 1 aromatic carbocycles. The van der Waals surface area contributed by atoms with Crippen molar-refractivity contribution in [2.75, 3.05) is 19.6 Å². The van der Waals surface area contributed by atoms with Crippen molar-refractivity contribution in [2.45, 2.75) is 0 Å². The van der Waals surface area contributed by atoms with Gasteiger partial charge in [0.05, 0.1) is 5.69 Å². The van der Waals surface area contributed by atoms with Crippen LogP contribution in [0.5, 0.6) is 0 Å². The standard InChI is InChI=1S/C13H15N5O/c19-13(16-7-10-5-14-6-10)11-2-1-3-12(4-11)18-9-15-8-17-18/h1-4,8-10,14H,5-7H2,(H,16,19). The third kappa shape index (κ3) is 2.63. The van der Waals surface area contributed by atoms with Gasteiger partial charge in [0.1, 0.15) is 12.7 Å². The smallest absolute Gasteiger partial charge is 0.251 e. The SMILES string of the molecule is O=C(NCC1CNC1)c1cccc(-n2cncn2)c1. The summed E-state index contributed by atoms with van der Waals surface area (Å²) >= 11 is 0. The lowest BCUT2D eigenvalue weighted by atomic mass is 10.0. The first kappa shape index (κ1) is 11.9. The fraction of sp³-hybridized carbons (Fsp3) is 0.308. The zero-order valence-electron chi connectivity index (χ0n) is 10.4. The van der Waals surface area contributed by atoms with Gasteiger partial charge in [-0.25, -0.2) is 9.67 Å². The van der Waals surface area contributed by atoms with E-state index in [9.17, 15) is 4.79 Å². The van der Waals surface area contributed by atoms with E-state index in [0.29, 0.717) is 11.5 Å². The molecule has 3 rings (SSSR count). The van der Waals surface area contributed by atoms with Crippen molar-refractivity contribution < 1.29 is 4.79 Å². The summed E-state index contributed by atoms with van der Waals surface area (Å²) in [5.74, 6) is 0.510. The van der Waals surface area contributed by atoms with E-state index in [2.05, 4.69) is 20.7 Å². The third-order valence-electron chi connectivity index (χ3n) is 3.21. The lowest BCUT2D eigenvalue weighted by molar-refractivity contribution is 0.0942. The van der Waals surface area contributed by atoms with Gasteiger partial charge >= 0.3 is 0 Å². The number of benzene rings is 1. The summed E-state index contributed by atoms with van der Waals surface area (Å²) in [6.45, 7) is 2.69. The minimum Gasteiger partial charge on any atom is -0.352 e. The topological polar surface area (TPSA) is 71.8 Å². The highest BCUT2D eigenvalue weighted by Crippen LogP contribution is 2.09. The van der Waals surface area contributed by atoms with Crippen LogP contribution in [0.15, 0.2) is 36.9 Å². The summed E-state index contributed by atoms with van der Waals surface area (Å²) in [4.78, 5) is 15.9. The average molecular weight is 257 g/mol. The molecular weight excluding hydrogens is 242 g/mol. The molecule has 0 aliphatic carbocycles. The van der Waals surface area contributed by atoms with Crippen molar-refractivity contribution >= 4 is 5.91 Å². The van der Waals surface area contributed by atoms with Crippen molar-refractivity contribution in [1.29, 1.82) is 0 Å². The second-order valence-corrected chi connectivity index (χ2v) is 4.62. The molecule has 6 heteroatoms. The third-order valence-corrected chi connectivity index (χ3v) is 3.21. The predicted octanol–water partition coefficient (Wildman–Crippen LogP) is 0.216. The molecule has 1 aromatic heterocycles. The van der Waals surface area contributed by atoms with Crippen LogP contribution in [-0.4, -0.2) is 40.3 Å². The number of hydrogen-bond donors (Lipinski definition) is 2. The van der Waals surface area contributed by atoms with Gasteiger partial charge in [0.25, 0.3) is 5.91 Å². The van der Waals surface area contributed by atoms with Gasteiger partial charge in [0.2, 0.25) is 0 Å². The first-order valence-electron chi connectivity index (χ1n) is 6.27. The normalized spacial score (nSPS) is 14.9. The largest absolute Gasteiger partial charge is 0.352 e. The molecule has 98 valence electrons. The first-order chi connectivity index (χ1) is 9.33. The monoisotopic (exact) mass is 257 g/mol. The van der Waals surface area contributed by atoms with E-state index in [4.69, 9.17) is 0 Å². The molecule has 1 fully saturated rings. The second kappa shape index (κ2) is 5.19. The van der Waals surface area contributed by atoms with Gasteiger partial charge in [-0.3, -0.25) is 4.79 Å². The number of aromatic nitrogens is 3. The molecule has 0 saturated carbocycles. The summed E-state index contributed by atoms with van der Waals surface area (Å²) in [5, 5.41) is 10.2. The predicted molar refractivity (Wildman–Crippen MR) is 70.1 cm³/mol. The summed E-state index contributed by atoms with van der Waals surface area (Å²) in [5.41, 5.74) is 1.47. The Balaban J connectivity index is 1.69. The fourth-order valence-electron chi connectivity index (χ4n) is 1.96. The van der Waals surface area contributed by atoms with Crippen LogP contribution in [0, 0.1) is 5.92 Å². The van der Waals surface area contributed by atoms with E-state index in [1.54, 1.807) is 17.1 Å². The Hall–Kier alpha value is -2.21. The number of hydrogen-bond acceptors (Lipinski definition) is 4. The molecule has 1 aliphatic rings. The number of carbonyl (C=O) groups excluding carboxylic acids is 1. The molecule has 0 atom stereocenters. The highest BCUT2D eigenvalue weighted by molar-refractivity contribution is 5.94. The molecule has 0 unspecified atom stereocenters. The maximum atomic E-state index is 12.0. The second-order valence-electron chi connectivity index (χ2n) is 4.62. The van der Waals surface area contributed by atoms with E-state index >= 15 is 0 Å². The molecular formula is C13H15N5O. The van der Waals surface area contributed by atoms with Crippen LogP contribution in [-0.2, 0) is 0 Å². The molecule has 0 radical (unpaired) electrons. The highest BCUT2D eigenvalue weighted by atomic mass is 16.1. The summed E-state index contributed by atoms with van der Waals surface area (Å²) in [7, 11) is 0. The molecule has 1 amide bonds. The van der Waals surface area contributed by atoms with Crippen LogP contribution in [0.3, 0.4) is 0 Å². The fourth-order valence-corrected chi connectivity index (χ4v) is 1.96. The van der Waals surface area contributed by atoms with Crippen molar-refractivity contribution in [3.63, 3.8) is 0 Å². The van der Waals surface area contributed by atoms with Gasteiger partial charge in [-0.05, 0) is 18.2 Å². The zero-order chi connectivity index (χ0) is 13.1. The Morgan fingerprint density at radius 2 is 2.37 bits per heavy atom. The van der Waals surface area contributed by atoms with Crippen LogP contribution in [0.25, 0.3) is 5.69 Å². The van der Waals surface area contributed by atoms with Gasteiger partial charge in [-0.1, -0.05) is 6.07 Å². The van der Waals surface area contributed by atoms with Crippen LogP contribution in [0.4, 0.5) is 0 Å². The van der Waals surface area contributed by atoms with Gasteiger partial charge < -0.3 is 10.6 Å². The minimum atomic E-state index is -0.0473. The Labute approximate surface area is 110 Å². The number of nitrogens with one attached hydrogen (secondary N) is 2. The first-order valence-corrected chi connectivity index (χ1v) is 6.27. The van der Waals surface area contributed by atoms with Crippen molar-refractivity contribution in [3.05, 3.63) is 42.5 Å². The van der Waals surface area contributed by atoms with Crippen molar-refractivity contribution in [2.24, 2.45) is 5.92 Å². The molecule has 2 N–H and O–H groups in total. The molecule has 0 bridgehead atoms. The average Bonchev–Trinajstić information content (AvgIpc) is 2.91. The van der Waals surface area contributed by atoms with E-state index in [1.165, 1.54) is 6.33 Å². The summed E-state index contributed by atoms with van der Waals surface area (Å²) in [6, 6.07) is 7.34. The quantitative estimate of drug-likeness (QED) is 0.821. The maximum absolute atomic E-state index is 12.0. The van der Waals surface area contributed by atoms with Gasteiger partial charge in [0.15, 0.2) is 0 Å². The van der Waals surface area contributed by atoms with E-state index in [-0.39, 0.29) is 5.91 Å². The van der Waals surface area contributed by atoms with Gasteiger partial charge in [-0.15, -0.1) is 0 Å². The van der Waals surface area contributed by atoms with Crippen LogP contribution in [0.2, 0.25) is 0 Å². The maximum Gasteiger partial charge on any atom is 0.251 e. The molecule has 19 heavy (non-hydrogen) atoms. The number of carbonyl (C=O) groups is 1. The van der Waals surface area contributed by atoms with E-state index < -0.39 is 0 Å². The minimum absolute atomic E-state index is 0.0473. The molecule has 2 aromatic rings. The van der Waals surface area contributed by atoms with Gasteiger partial charge in [0, 0.05) is 31.1 Å². The zero-order valence-corrected chi connectivity index (χ0v) is 10.4. The highest BCUT2D eigenvalue weighted by Gasteiger charge is 2.17. The lowest BCUT2D eigenvalue weighted by Gasteiger charge is -2.27. The Kier molecular flexibility index (Phi) is 3.24. The van der Waals surface area contributed by atoms with Gasteiger partial charge in [-0.2, -0.15) is 5.10 Å². The van der Waals surface area contributed by atoms with Crippen LogP contribution in [0.1, 0.15) is 10.4 Å². The Bertz CT molecular complexity index is 562. The Morgan fingerprint density at radius 3 is 3.05 bits per heavy atom. The summed E-state index contributed by atoms with van der Waals surface area (Å²) in [6.07, 6.45) is 3.08. The number of rotatable bonds is 4. The van der Waals surface area contributed by atoms with Crippen LogP contribution < -0.4 is 10.6 Å².